The van der Waals surface area contributed by atoms with Gasteiger partial charge in [0.2, 0.25) is 0 Å². The second-order valence-corrected chi connectivity index (χ2v) is 4.34. The Balaban J connectivity index is 2.61. The summed E-state index contributed by atoms with van der Waals surface area (Å²) in [6.07, 6.45) is 0. The molecule has 0 saturated heterocycles. The lowest BCUT2D eigenvalue weighted by Crippen LogP contribution is -2.06. The van der Waals surface area contributed by atoms with E-state index in [0.717, 1.165) is 11.4 Å². The maximum Gasteiger partial charge on any atom is 0.339 e. The Labute approximate surface area is 110 Å². The van der Waals surface area contributed by atoms with E-state index in [9.17, 15) is 4.79 Å². The molecule has 18 heavy (non-hydrogen) atoms. The number of esters is 1. The van der Waals surface area contributed by atoms with Crippen molar-refractivity contribution in [1.29, 1.82) is 0 Å². The number of aromatic nitrogens is 2. The van der Waals surface area contributed by atoms with Crippen molar-refractivity contribution in [2.75, 3.05) is 6.61 Å². The largest absolute Gasteiger partial charge is 0.462 e. The number of aryl methyl sites for hydroxylation is 2. The molecule has 0 aliphatic carbocycles. The summed E-state index contributed by atoms with van der Waals surface area (Å²) in [6.45, 7) is 5.82. The van der Waals surface area contributed by atoms with Crippen LogP contribution in [-0.4, -0.2) is 22.5 Å². The number of carbonyl (C=O) groups is 1. The lowest BCUT2D eigenvalue weighted by atomic mass is 10.2. The smallest absolute Gasteiger partial charge is 0.339 e. The first-order valence-electron chi connectivity index (χ1n) is 5.64. The van der Waals surface area contributed by atoms with Gasteiger partial charge in [0.05, 0.1) is 39.6 Å². The number of hydrogen-bond acceptors (Lipinski definition) is 4. The Morgan fingerprint density at radius 2 is 1.78 bits per heavy atom. The van der Waals surface area contributed by atoms with Crippen LogP contribution in [0.5, 0.6) is 0 Å². The van der Waals surface area contributed by atoms with Crippen molar-refractivity contribution in [3.05, 3.63) is 34.1 Å². The molecule has 0 radical (unpaired) electrons. The van der Waals surface area contributed by atoms with E-state index in [0.29, 0.717) is 28.2 Å². The molecule has 2 aromatic rings. The van der Waals surface area contributed by atoms with Gasteiger partial charge < -0.3 is 4.74 Å². The number of hydrogen-bond donors (Lipinski definition) is 0. The van der Waals surface area contributed by atoms with Gasteiger partial charge in [-0.2, -0.15) is 0 Å². The van der Waals surface area contributed by atoms with E-state index in [-0.39, 0.29) is 0 Å². The molecule has 5 heteroatoms. The Morgan fingerprint density at radius 3 is 2.33 bits per heavy atom. The third kappa shape index (κ3) is 2.29. The van der Waals surface area contributed by atoms with Gasteiger partial charge in [0, 0.05) is 0 Å². The van der Waals surface area contributed by atoms with Gasteiger partial charge in [-0.25, -0.2) is 14.8 Å². The summed E-state index contributed by atoms with van der Waals surface area (Å²) in [5, 5.41) is 0.332. The Bertz CT molecular complexity index is 626. The zero-order valence-corrected chi connectivity index (χ0v) is 11.2. The summed E-state index contributed by atoms with van der Waals surface area (Å²) in [6, 6.07) is 3.26. The van der Waals surface area contributed by atoms with Gasteiger partial charge in [-0.3, -0.25) is 0 Å². The third-order valence-electron chi connectivity index (χ3n) is 2.66. The summed E-state index contributed by atoms with van der Waals surface area (Å²) in [7, 11) is 0. The summed E-state index contributed by atoms with van der Waals surface area (Å²) < 4.78 is 4.94. The first kappa shape index (κ1) is 12.8. The third-order valence-corrected chi connectivity index (χ3v) is 2.97. The normalized spacial score (nSPS) is 10.7. The van der Waals surface area contributed by atoms with E-state index >= 15 is 0 Å². The van der Waals surface area contributed by atoms with Gasteiger partial charge in [-0.1, -0.05) is 11.6 Å². The second kappa shape index (κ2) is 4.90. The van der Waals surface area contributed by atoms with Crippen molar-refractivity contribution in [2.45, 2.75) is 20.8 Å². The van der Waals surface area contributed by atoms with E-state index in [1.165, 1.54) is 0 Å². The highest BCUT2D eigenvalue weighted by atomic mass is 35.5. The lowest BCUT2D eigenvalue weighted by Gasteiger charge is -2.07. The van der Waals surface area contributed by atoms with Crippen LogP contribution in [0.2, 0.25) is 5.02 Å². The molecule has 0 aliphatic heterocycles. The highest BCUT2D eigenvalue weighted by Gasteiger charge is 2.14. The summed E-state index contributed by atoms with van der Waals surface area (Å²) in [5.74, 6) is -0.440. The molecule has 4 nitrogen and oxygen atoms in total. The number of rotatable bonds is 2. The van der Waals surface area contributed by atoms with Crippen LogP contribution in [0.1, 0.15) is 28.7 Å². The highest BCUT2D eigenvalue weighted by molar-refractivity contribution is 6.34. The minimum atomic E-state index is -0.440. The molecule has 1 heterocycles. The minimum absolute atomic E-state index is 0.311. The van der Waals surface area contributed by atoms with Crippen LogP contribution >= 0.6 is 11.6 Å². The molecular weight excluding hydrogens is 252 g/mol. The van der Waals surface area contributed by atoms with Crippen LogP contribution < -0.4 is 0 Å². The molecule has 94 valence electrons. The minimum Gasteiger partial charge on any atom is -0.462 e. The predicted octanol–water partition coefficient (Wildman–Crippen LogP) is 3.08. The predicted molar refractivity (Wildman–Crippen MR) is 70.0 cm³/mol. The first-order valence-corrected chi connectivity index (χ1v) is 6.02. The van der Waals surface area contributed by atoms with E-state index < -0.39 is 5.97 Å². The summed E-state index contributed by atoms with van der Waals surface area (Å²) in [4.78, 5) is 20.5. The topological polar surface area (TPSA) is 52.1 Å². The fourth-order valence-corrected chi connectivity index (χ4v) is 1.85. The maximum atomic E-state index is 11.7. The first-order chi connectivity index (χ1) is 8.52. The van der Waals surface area contributed by atoms with Crippen molar-refractivity contribution in [2.24, 2.45) is 0 Å². The highest BCUT2D eigenvalue weighted by Crippen LogP contribution is 2.23. The van der Waals surface area contributed by atoms with Gasteiger partial charge in [0.1, 0.15) is 0 Å². The molecule has 0 aliphatic rings. The SMILES string of the molecule is CCOC(=O)c1cc2nc(C)c(C)nc2cc1Cl. The second-order valence-electron chi connectivity index (χ2n) is 3.94. The zero-order chi connectivity index (χ0) is 13.3. The summed E-state index contributed by atoms with van der Waals surface area (Å²) in [5.41, 5.74) is 3.33. The van der Waals surface area contributed by atoms with Crippen molar-refractivity contribution in [1.82, 2.24) is 9.97 Å². The van der Waals surface area contributed by atoms with E-state index in [1.807, 2.05) is 13.8 Å². The number of fused-ring (bicyclic) bond motifs is 1. The zero-order valence-electron chi connectivity index (χ0n) is 10.5. The van der Waals surface area contributed by atoms with Gasteiger partial charge in [0.25, 0.3) is 0 Å². The molecule has 0 fully saturated rings. The Kier molecular flexibility index (Phi) is 3.48. The Hall–Kier alpha value is -1.68. The van der Waals surface area contributed by atoms with Crippen molar-refractivity contribution >= 4 is 28.6 Å². The van der Waals surface area contributed by atoms with Crippen LogP contribution in [0.3, 0.4) is 0 Å². The molecule has 0 spiro atoms. The van der Waals surface area contributed by atoms with E-state index in [4.69, 9.17) is 16.3 Å². The quantitative estimate of drug-likeness (QED) is 0.782. The molecular formula is C13H13ClN2O2. The monoisotopic (exact) mass is 264 g/mol. The number of benzene rings is 1. The number of carbonyl (C=O) groups excluding carboxylic acids is 1. The van der Waals surface area contributed by atoms with Gasteiger partial charge in [-0.15, -0.1) is 0 Å². The molecule has 1 aromatic heterocycles. The fraction of sp³-hybridized carbons (Fsp3) is 0.308. The Morgan fingerprint density at radius 1 is 1.22 bits per heavy atom. The summed E-state index contributed by atoms with van der Waals surface area (Å²) >= 11 is 6.06. The van der Waals surface area contributed by atoms with Crippen LogP contribution in [0.25, 0.3) is 11.0 Å². The number of nitrogens with zero attached hydrogens (tertiary/aromatic N) is 2. The van der Waals surface area contributed by atoms with Gasteiger partial charge >= 0.3 is 5.97 Å². The average Bonchev–Trinajstić information content (AvgIpc) is 2.31. The molecule has 0 amide bonds. The molecule has 0 N–H and O–H groups in total. The van der Waals surface area contributed by atoms with Crippen molar-refractivity contribution in [3.8, 4) is 0 Å². The maximum absolute atomic E-state index is 11.7. The average molecular weight is 265 g/mol. The molecule has 0 atom stereocenters. The van der Waals surface area contributed by atoms with Crippen LogP contribution in [0.4, 0.5) is 0 Å². The standard InChI is InChI=1S/C13H13ClN2O2/c1-4-18-13(17)9-5-11-12(6-10(9)14)16-8(3)7(2)15-11/h5-6H,4H2,1-3H3. The van der Waals surface area contributed by atoms with E-state index in [2.05, 4.69) is 9.97 Å². The molecule has 1 aromatic carbocycles. The van der Waals surface area contributed by atoms with Crippen LogP contribution in [0, 0.1) is 13.8 Å². The lowest BCUT2D eigenvalue weighted by molar-refractivity contribution is 0.0526. The van der Waals surface area contributed by atoms with Crippen molar-refractivity contribution < 1.29 is 9.53 Å². The fourth-order valence-electron chi connectivity index (χ4n) is 1.62. The van der Waals surface area contributed by atoms with Crippen LogP contribution in [0.15, 0.2) is 12.1 Å². The van der Waals surface area contributed by atoms with Gasteiger partial charge in [-0.05, 0) is 32.9 Å². The van der Waals surface area contributed by atoms with Crippen LogP contribution in [-0.2, 0) is 4.74 Å². The molecule has 0 saturated carbocycles. The number of ether oxygens (including phenoxy) is 1. The van der Waals surface area contributed by atoms with Crippen molar-refractivity contribution in [3.63, 3.8) is 0 Å². The molecule has 0 unspecified atom stereocenters. The van der Waals surface area contributed by atoms with E-state index in [1.54, 1.807) is 19.1 Å². The molecule has 0 bridgehead atoms. The molecule has 2 rings (SSSR count). The van der Waals surface area contributed by atoms with Gasteiger partial charge in [0.15, 0.2) is 0 Å². The number of halogens is 1.